The first-order valence-corrected chi connectivity index (χ1v) is 8.46. The highest BCUT2D eigenvalue weighted by molar-refractivity contribution is 6.33. The van der Waals surface area contributed by atoms with E-state index in [1.807, 2.05) is 40.7 Å². The molecule has 2 amide bonds. The van der Waals surface area contributed by atoms with Crippen LogP contribution in [0.4, 0.5) is 0 Å². The highest BCUT2D eigenvalue weighted by Gasteiger charge is 2.30. The van der Waals surface area contributed by atoms with Gasteiger partial charge in [0, 0.05) is 5.56 Å². The van der Waals surface area contributed by atoms with Crippen molar-refractivity contribution in [2.24, 2.45) is 0 Å². The molecule has 2 rings (SSSR count). The fourth-order valence-electron chi connectivity index (χ4n) is 2.55. The Bertz CT molecular complexity index is 789. The number of nitrogens with one attached hydrogen (secondary N) is 1. The summed E-state index contributed by atoms with van der Waals surface area (Å²) in [6.45, 7) is 9.41. The van der Waals surface area contributed by atoms with Crippen molar-refractivity contribution < 1.29 is 9.59 Å². The number of carbonyl (C=O) groups is 2. The smallest absolute Gasteiger partial charge is 0.267 e. The molecule has 0 radical (unpaired) electrons. The molecule has 0 fully saturated rings. The molecule has 0 spiro atoms. The third-order valence-electron chi connectivity index (χ3n) is 3.68. The Morgan fingerprint density at radius 3 is 2.08 bits per heavy atom. The molecule has 4 nitrogen and oxygen atoms in total. The molecule has 25 heavy (non-hydrogen) atoms. The Morgan fingerprint density at radius 2 is 1.56 bits per heavy atom. The van der Waals surface area contributed by atoms with Gasteiger partial charge in [0.05, 0.1) is 16.1 Å². The maximum absolute atomic E-state index is 12.9. The topological polar surface area (TPSA) is 49.4 Å². The van der Waals surface area contributed by atoms with Gasteiger partial charge in [0.1, 0.15) is 0 Å². The molecule has 0 bridgehead atoms. The van der Waals surface area contributed by atoms with E-state index in [1.54, 1.807) is 36.4 Å². The van der Waals surface area contributed by atoms with Crippen molar-refractivity contribution >= 4 is 23.4 Å². The maximum atomic E-state index is 12.9. The number of aryl methyl sites for hydroxylation is 2. The minimum Gasteiger partial charge on any atom is -0.267 e. The largest absolute Gasteiger partial charge is 0.274 e. The lowest BCUT2D eigenvalue weighted by atomic mass is 10.1. The van der Waals surface area contributed by atoms with Gasteiger partial charge in [-0.2, -0.15) is 0 Å². The summed E-state index contributed by atoms with van der Waals surface area (Å²) in [4.78, 5) is 25.6. The summed E-state index contributed by atoms with van der Waals surface area (Å²) in [7, 11) is 0. The molecule has 0 saturated carbocycles. The number of hydrogen-bond acceptors (Lipinski definition) is 2. The fraction of sp³-hybridized carbons (Fsp3) is 0.300. The number of carbonyl (C=O) groups excluding carboxylic acids is 2. The zero-order chi connectivity index (χ0) is 18.8. The summed E-state index contributed by atoms with van der Waals surface area (Å²) in [6, 6.07) is 12.4. The van der Waals surface area contributed by atoms with E-state index in [0.29, 0.717) is 16.1 Å². The molecule has 2 aromatic carbocycles. The Balaban J connectivity index is 2.34. The van der Waals surface area contributed by atoms with Crippen LogP contribution in [-0.4, -0.2) is 22.4 Å². The Morgan fingerprint density at radius 1 is 1.00 bits per heavy atom. The van der Waals surface area contributed by atoms with Crippen LogP contribution >= 0.6 is 11.6 Å². The van der Waals surface area contributed by atoms with E-state index in [1.165, 1.54) is 5.01 Å². The zero-order valence-corrected chi connectivity index (χ0v) is 15.9. The number of amides is 2. The highest BCUT2D eigenvalue weighted by Crippen LogP contribution is 2.21. The van der Waals surface area contributed by atoms with E-state index < -0.39 is 5.54 Å². The third kappa shape index (κ3) is 4.60. The SMILES string of the molecule is Cc1cc(C)cc(C(=O)NN(C(=O)c2ccccc2Cl)C(C)(C)C)c1. The molecule has 0 unspecified atom stereocenters. The van der Waals surface area contributed by atoms with Crippen LogP contribution in [0, 0.1) is 13.8 Å². The minimum atomic E-state index is -0.620. The van der Waals surface area contributed by atoms with Crippen LogP contribution in [0.5, 0.6) is 0 Å². The lowest BCUT2D eigenvalue weighted by molar-refractivity contribution is 0.0359. The molecular weight excluding hydrogens is 336 g/mol. The van der Waals surface area contributed by atoms with Gasteiger partial charge < -0.3 is 0 Å². The second-order valence-electron chi connectivity index (χ2n) is 7.11. The molecule has 5 heteroatoms. The molecule has 0 saturated heterocycles. The molecule has 0 heterocycles. The highest BCUT2D eigenvalue weighted by atomic mass is 35.5. The number of hydrazine groups is 1. The van der Waals surface area contributed by atoms with Gasteiger partial charge in [-0.25, -0.2) is 5.01 Å². The first-order chi connectivity index (χ1) is 11.6. The zero-order valence-electron chi connectivity index (χ0n) is 15.2. The first-order valence-electron chi connectivity index (χ1n) is 8.08. The summed E-state index contributed by atoms with van der Waals surface area (Å²) in [5, 5.41) is 1.68. The summed E-state index contributed by atoms with van der Waals surface area (Å²) in [5.74, 6) is -0.682. The van der Waals surface area contributed by atoms with Crippen molar-refractivity contribution in [3.05, 3.63) is 69.7 Å². The van der Waals surface area contributed by atoms with Gasteiger partial charge in [0.15, 0.2) is 0 Å². The van der Waals surface area contributed by atoms with Crippen LogP contribution in [0.1, 0.15) is 52.6 Å². The van der Waals surface area contributed by atoms with Crippen molar-refractivity contribution in [2.75, 3.05) is 0 Å². The van der Waals surface area contributed by atoms with E-state index in [9.17, 15) is 9.59 Å². The van der Waals surface area contributed by atoms with Crippen LogP contribution in [0.25, 0.3) is 0 Å². The molecule has 1 N–H and O–H groups in total. The fourth-order valence-corrected chi connectivity index (χ4v) is 2.77. The number of nitrogens with zero attached hydrogens (tertiary/aromatic N) is 1. The van der Waals surface area contributed by atoms with Crippen LogP contribution in [0.3, 0.4) is 0 Å². The second-order valence-corrected chi connectivity index (χ2v) is 7.52. The number of benzene rings is 2. The van der Waals surface area contributed by atoms with E-state index >= 15 is 0 Å². The van der Waals surface area contributed by atoms with Gasteiger partial charge in [-0.1, -0.05) is 40.9 Å². The Hall–Kier alpha value is -2.33. The summed E-state index contributed by atoms with van der Waals surface area (Å²) in [5.41, 5.74) is 4.96. The van der Waals surface area contributed by atoms with Gasteiger partial charge in [-0.3, -0.25) is 15.0 Å². The molecule has 2 aromatic rings. The Labute approximate surface area is 153 Å². The molecule has 0 atom stereocenters. The van der Waals surface area contributed by atoms with Crippen LogP contribution in [0.2, 0.25) is 5.02 Å². The van der Waals surface area contributed by atoms with E-state index in [-0.39, 0.29) is 11.8 Å². The van der Waals surface area contributed by atoms with Crippen molar-refractivity contribution in [2.45, 2.75) is 40.2 Å². The average Bonchev–Trinajstić information content (AvgIpc) is 2.50. The van der Waals surface area contributed by atoms with Gasteiger partial charge in [-0.05, 0) is 58.9 Å². The minimum absolute atomic E-state index is 0.331. The summed E-state index contributed by atoms with van der Waals surface area (Å²) >= 11 is 6.15. The number of hydrogen-bond donors (Lipinski definition) is 1. The second kappa shape index (κ2) is 7.28. The van der Waals surface area contributed by atoms with Gasteiger partial charge in [-0.15, -0.1) is 0 Å². The molecule has 0 aliphatic carbocycles. The van der Waals surface area contributed by atoms with Crippen molar-refractivity contribution in [3.63, 3.8) is 0 Å². The van der Waals surface area contributed by atoms with Crippen LogP contribution < -0.4 is 5.43 Å². The monoisotopic (exact) mass is 358 g/mol. The van der Waals surface area contributed by atoms with Crippen LogP contribution in [0.15, 0.2) is 42.5 Å². The predicted molar refractivity (Wildman–Crippen MR) is 101 cm³/mol. The van der Waals surface area contributed by atoms with Gasteiger partial charge >= 0.3 is 0 Å². The van der Waals surface area contributed by atoms with E-state index in [0.717, 1.165) is 11.1 Å². The standard InChI is InChI=1S/C20H23ClN2O2/c1-13-10-14(2)12-15(11-13)18(24)22-23(20(3,4)5)19(25)16-8-6-7-9-17(16)21/h6-12H,1-5H3,(H,22,24). The Kier molecular flexibility index (Phi) is 5.53. The number of rotatable bonds is 2. The molecule has 132 valence electrons. The lowest BCUT2D eigenvalue weighted by Crippen LogP contribution is -2.56. The summed E-state index contributed by atoms with van der Waals surface area (Å²) < 4.78 is 0. The summed E-state index contributed by atoms with van der Waals surface area (Å²) in [6.07, 6.45) is 0. The van der Waals surface area contributed by atoms with Crippen molar-refractivity contribution in [1.82, 2.24) is 10.4 Å². The van der Waals surface area contributed by atoms with Crippen molar-refractivity contribution in [3.8, 4) is 0 Å². The van der Waals surface area contributed by atoms with E-state index in [2.05, 4.69) is 5.43 Å². The third-order valence-corrected chi connectivity index (χ3v) is 4.00. The molecule has 0 aliphatic rings. The van der Waals surface area contributed by atoms with Gasteiger partial charge in [0.25, 0.3) is 11.8 Å². The number of halogens is 1. The van der Waals surface area contributed by atoms with Crippen LogP contribution in [-0.2, 0) is 0 Å². The molecular formula is C20H23ClN2O2. The predicted octanol–water partition coefficient (Wildman–Crippen LogP) is 4.54. The van der Waals surface area contributed by atoms with E-state index in [4.69, 9.17) is 11.6 Å². The first kappa shape index (κ1) is 19.0. The average molecular weight is 359 g/mol. The normalized spacial score (nSPS) is 11.1. The van der Waals surface area contributed by atoms with Gasteiger partial charge in [0.2, 0.25) is 0 Å². The maximum Gasteiger partial charge on any atom is 0.274 e. The lowest BCUT2D eigenvalue weighted by Gasteiger charge is -2.35. The van der Waals surface area contributed by atoms with Crippen molar-refractivity contribution in [1.29, 1.82) is 0 Å². The quantitative estimate of drug-likeness (QED) is 0.801. The molecule has 0 aromatic heterocycles. The molecule has 0 aliphatic heterocycles.